The molecular weight excluding hydrogens is 518 g/mol. The molecule has 0 spiro atoms. The molecule has 0 amide bonds. The van der Waals surface area contributed by atoms with Gasteiger partial charge in [-0.25, -0.2) is 0 Å². The van der Waals surface area contributed by atoms with E-state index < -0.39 is 0 Å². The predicted octanol–water partition coefficient (Wildman–Crippen LogP) is 11.5. The lowest BCUT2D eigenvalue weighted by molar-refractivity contribution is 0.739. The summed E-state index contributed by atoms with van der Waals surface area (Å²) in [7, 11) is 0. The molecule has 1 unspecified atom stereocenters. The van der Waals surface area contributed by atoms with Gasteiger partial charge >= 0.3 is 0 Å². The van der Waals surface area contributed by atoms with Crippen LogP contribution >= 0.6 is 0 Å². The minimum Gasteiger partial charge on any atom is -0.256 e. The number of pyridine rings is 1. The van der Waals surface area contributed by atoms with Crippen molar-refractivity contribution < 1.29 is 0 Å². The number of allylic oxidation sites excluding steroid dienone is 4. The van der Waals surface area contributed by atoms with Crippen LogP contribution in [0.4, 0.5) is 0 Å². The molecule has 1 atom stereocenters. The Balaban J connectivity index is 1.39. The smallest absolute Gasteiger partial charge is 0.0714 e. The van der Waals surface area contributed by atoms with Gasteiger partial charge in [-0.1, -0.05) is 140 Å². The molecule has 204 valence electrons. The Morgan fingerprint density at radius 1 is 0.535 bits per heavy atom. The van der Waals surface area contributed by atoms with Crippen LogP contribution in [0.3, 0.4) is 0 Å². The van der Waals surface area contributed by atoms with E-state index in [0.29, 0.717) is 5.92 Å². The fraction of sp³-hybridized carbons (Fsp3) is 0.0714. The molecule has 0 bridgehead atoms. The predicted molar refractivity (Wildman–Crippen MR) is 184 cm³/mol. The monoisotopic (exact) mass is 549 g/mol. The second-order valence-electron chi connectivity index (χ2n) is 11.6. The maximum atomic E-state index is 4.84. The van der Waals surface area contributed by atoms with Crippen molar-refractivity contribution in [1.29, 1.82) is 0 Å². The number of fused-ring (bicyclic) bond motifs is 3. The molecule has 1 heterocycles. The Labute approximate surface area is 252 Å². The maximum Gasteiger partial charge on any atom is 0.0714 e. The van der Waals surface area contributed by atoms with Crippen molar-refractivity contribution in [1.82, 2.24) is 4.98 Å². The zero-order valence-corrected chi connectivity index (χ0v) is 24.2. The van der Waals surface area contributed by atoms with Crippen LogP contribution in [0, 0.1) is 5.92 Å². The number of rotatable bonds is 4. The second kappa shape index (κ2) is 10.5. The lowest BCUT2D eigenvalue weighted by Gasteiger charge is -2.21. The highest BCUT2D eigenvalue weighted by molar-refractivity contribution is 6.22. The quantitative estimate of drug-likeness (QED) is 0.199. The van der Waals surface area contributed by atoms with Crippen LogP contribution in [-0.4, -0.2) is 4.98 Å². The largest absolute Gasteiger partial charge is 0.256 e. The van der Waals surface area contributed by atoms with E-state index in [1.807, 2.05) is 6.20 Å². The summed E-state index contributed by atoms with van der Waals surface area (Å²) in [5.41, 5.74) is 9.70. The molecule has 43 heavy (non-hydrogen) atoms. The molecule has 1 aliphatic carbocycles. The second-order valence-corrected chi connectivity index (χ2v) is 11.6. The average molecular weight is 550 g/mol. The Hall–Kier alpha value is -5.27. The van der Waals surface area contributed by atoms with Gasteiger partial charge in [-0.05, 0) is 90.2 Å². The van der Waals surface area contributed by atoms with Crippen LogP contribution in [0.25, 0.3) is 71.4 Å². The molecule has 0 fully saturated rings. The highest BCUT2D eigenvalue weighted by Gasteiger charge is 2.20. The topological polar surface area (TPSA) is 12.9 Å². The van der Waals surface area contributed by atoms with Crippen molar-refractivity contribution in [3.05, 3.63) is 157 Å². The number of hydrogen-bond donors (Lipinski definition) is 0. The van der Waals surface area contributed by atoms with Crippen molar-refractivity contribution in [2.45, 2.75) is 13.3 Å². The zero-order chi connectivity index (χ0) is 28.8. The lowest BCUT2D eigenvalue weighted by Crippen LogP contribution is -1.98. The Kier molecular flexibility index (Phi) is 6.23. The molecule has 0 saturated carbocycles. The van der Waals surface area contributed by atoms with Gasteiger partial charge in [0.2, 0.25) is 0 Å². The van der Waals surface area contributed by atoms with Gasteiger partial charge in [-0.2, -0.15) is 0 Å². The first-order valence-corrected chi connectivity index (χ1v) is 15.1. The highest BCUT2D eigenvalue weighted by atomic mass is 14.7. The van der Waals surface area contributed by atoms with Crippen molar-refractivity contribution in [3.8, 4) is 33.5 Å². The van der Waals surface area contributed by atoms with Crippen LogP contribution < -0.4 is 0 Å². The van der Waals surface area contributed by atoms with E-state index in [1.54, 1.807) is 0 Å². The van der Waals surface area contributed by atoms with Crippen LogP contribution in [0.15, 0.2) is 152 Å². The maximum absolute atomic E-state index is 4.84. The minimum atomic E-state index is 0.577. The first-order chi connectivity index (χ1) is 21.3. The molecule has 0 radical (unpaired) electrons. The number of hydrogen-bond acceptors (Lipinski definition) is 1. The fourth-order valence-electron chi connectivity index (χ4n) is 6.77. The standard InChI is InChI=1S/C42H31N/c1-28-19-21-30(22-20-28)41-35-15-7-9-17-37(35)42(38-18-10-8-16-36(38)41)39-24-23-34(32-13-5-6-14-33(32)39)40-27-31(25-26-43-40)29-11-3-2-4-12-29/h2-19,21-28H,20H2,1H3. The number of nitrogens with zero attached hydrogens (tertiary/aromatic N) is 1. The Morgan fingerprint density at radius 3 is 1.72 bits per heavy atom. The van der Waals surface area contributed by atoms with E-state index >= 15 is 0 Å². The van der Waals surface area contributed by atoms with Crippen LogP contribution in [0.2, 0.25) is 0 Å². The third-order valence-corrected chi connectivity index (χ3v) is 8.87. The van der Waals surface area contributed by atoms with Crippen LogP contribution in [-0.2, 0) is 0 Å². The molecule has 1 nitrogen and oxygen atoms in total. The normalized spacial score (nSPS) is 14.8. The average Bonchev–Trinajstić information content (AvgIpc) is 3.08. The molecule has 1 heteroatoms. The summed E-state index contributed by atoms with van der Waals surface area (Å²) >= 11 is 0. The summed E-state index contributed by atoms with van der Waals surface area (Å²) in [5, 5.41) is 7.61. The SMILES string of the molecule is CC1C=CC(c2c3ccccc3c(-c3ccc(-c4cc(-c5ccccc5)ccn4)c4ccccc34)c3ccccc23)=CC1. The van der Waals surface area contributed by atoms with Crippen molar-refractivity contribution in [3.63, 3.8) is 0 Å². The molecule has 8 rings (SSSR count). The van der Waals surface area contributed by atoms with Gasteiger partial charge in [0, 0.05) is 11.8 Å². The molecule has 6 aromatic carbocycles. The van der Waals surface area contributed by atoms with E-state index in [1.165, 1.54) is 65.7 Å². The Bertz CT molecular complexity index is 2160. The van der Waals surface area contributed by atoms with Crippen molar-refractivity contribution >= 4 is 37.9 Å². The summed E-state index contributed by atoms with van der Waals surface area (Å²) in [4.78, 5) is 4.84. The minimum absolute atomic E-state index is 0.577. The molecular formula is C42H31N. The summed E-state index contributed by atoms with van der Waals surface area (Å²) < 4.78 is 0. The van der Waals surface area contributed by atoms with E-state index in [0.717, 1.165) is 17.7 Å². The summed E-state index contributed by atoms with van der Waals surface area (Å²) in [5.74, 6) is 0.577. The summed E-state index contributed by atoms with van der Waals surface area (Å²) in [6, 6.07) is 46.1. The van der Waals surface area contributed by atoms with Gasteiger partial charge < -0.3 is 0 Å². The van der Waals surface area contributed by atoms with Crippen molar-refractivity contribution in [2.24, 2.45) is 5.92 Å². The molecule has 0 aliphatic heterocycles. The van der Waals surface area contributed by atoms with Crippen molar-refractivity contribution in [2.75, 3.05) is 0 Å². The Morgan fingerprint density at radius 2 is 1.09 bits per heavy atom. The summed E-state index contributed by atoms with van der Waals surface area (Å²) in [6.45, 7) is 2.28. The van der Waals surface area contributed by atoms with E-state index in [-0.39, 0.29) is 0 Å². The third-order valence-electron chi connectivity index (χ3n) is 8.87. The molecule has 7 aromatic rings. The lowest BCUT2D eigenvalue weighted by atomic mass is 9.82. The summed E-state index contributed by atoms with van der Waals surface area (Å²) in [6.07, 6.45) is 10.1. The van der Waals surface area contributed by atoms with Crippen LogP contribution in [0.5, 0.6) is 0 Å². The fourth-order valence-corrected chi connectivity index (χ4v) is 6.77. The molecule has 1 aliphatic rings. The van der Waals surface area contributed by atoms with E-state index in [9.17, 15) is 0 Å². The van der Waals surface area contributed by atoms with Gasteiger partial charge in [0.1, 0.15) is 0 Å². The first kappa shape index (κ1) is 25.4. The highest BCUT2D eigenvalue weighted by Crippen LogP contribution is 2.45. The van der Waals surface area contributed by atoms with E-state index in [2.05, 4.69) is 153 Å². The zero-order valence-electron chi connectivity index (χ0n) is 24.2. The molecule has 0 saturated heterocycles. The van der Waals surface area contributed by atoms with Crippen LogP contribution in [0.1, 0.15) is 18.9 Å². The van der Waals surface area contributed by atoms with Gasteiger partial charge in [-0.15, -0.1) is 0 Å². The van der Waals surface area contributed by atoms with Gasteiger partial charge in [0.25, 0.3) is 0 Å². The third kappa shape index (κ3) is 4.37. The molecule has 1 aromatic heterocycles. The van der Waals surface area contributed by atoms with Gasteiger partial charge in [0.05, 0.1) is 5.69 Å². The van der Waals surface area contributed by atoms with Gasteiger partial charge in [-0.3, -0.25) is 4.98 Å². The first-order valence-electron chi connectivity index (χ1n) is 15.1. The number of benzene rings is 6. The van der Waals surface area contributed by atoms with E-state index in [4.69, 9.17) is 4.98 Å². The molecule has 0 N–H and O–H groups in total. The van der Waals surface area contributed by atoms with Gasteiger partial charge in [0.15, 0.2) is 0 Å². The number of aromatic nitrogens is 1.